The minimum Gasteiger partial charge on any atom is -0.398 e. The number of aryl methyl sites for hydroxylation is 1. The molecular formula is C15H15FN2. The Kier molecular flexibility index (Phi) is 2.47. The second-order valence-electron chi connectivity index (χ2n) is 4.77. The number of benzene rings is 2. The van der Waals surface area contributed by atoms with Crippen LogP contribution in [-0.4, -0.2) is 0 Å². The van der Waals surface area contributed by atoms with Crippen molar-refractivity contribution in [3.63, 3.8) is 0 Å². The molecule has 3 rings (SSSR count). The Balaban J connectivity index is 1.94. The molecule has 2 nitrogen and oxygen atoms in total. The second-order valence-corrected chi connectivity index (χ2v) is 4.77. The van der Waals surface area contributed by atoms with E-state index in [9.17, 15) is 4.39 Å². The predicted molar refractivity (Wildman–Crippen MR) is 71.9 cm³/mol. The molecule has 1 aliphatic rings. The number of nitrogens with two attached hydrogens (primary N) is 1. The van der Waals surface area contributed by atoms with Crippen molar-refractivity contribution in [1.82, 2.24) is 0 Å². The Morgan fingerprint density at radius 3 is 2.72 bits per heavy atom. The summed E-state index contributed by atoms with van der Waals surface area (Å²) in [5, 5.41) is 0. The standard InChI is InChI=1S/C15H15FN2/c1-10-7-12(5-6-14(10)16)18-8-11-3-2-4-15(17)13(11)9-18/h2-7H,8-9,17H2,1H3. The summed E-state index contributed by atoms with van der Waals surface area (Å²) < 4.78 is 13.3. The van der Waals surface area contributed by atoms with Crippen LogP contribution in [0.5, 0.6) is 0 Å². The van der Waals surface area contributed by atoms with Crippen molar-refractivity contribution in [3.05, 3.63) is 58.9 Å². The number of rotatable bonds is 1. The van der Waals surface area contributed by atoms with Gasteiger partial charge in [0.1, 0.15) is 5.82 Å². The van der Waals surface area contributed by atoms with Gasteiger partial charge in [-0.1, -0.05) is 12.1 Å². The van der Waals surface area contributed by atoms with E-state index < -0.39 is 0 Å². The zero-order chi connectivity index (χ0) is 12.7. The maximum atomic E-state index is 13.3. The van der Waals surface area contributed by atoms with Crippen LogP contribution in [0.2, 0.25) is 0 Å². The van der Waals surface area contributed by atoms with Crippen LogP contribution >= 0.6 is 0 Å². The van der Waals surface area contributed by atoms with Gasteiger partial charge in [0.25, 0.3) is 0 Å². The lowest BCUT2D eigenvalue weighted by atomic mass is 10.1. The van der Waals surface area contributed by atoms with Gasteiger partial charge in [0.15, 0.2) is 0 Å². The van der Waals surface area contributed by atoms with Crippen LogP contribution in [0.25, 0.3) is 0 Å². The van der Waals surface area contributed by atoms with Crippen LogP contribution in [0.4, 0.5) is 15.8 Å². The highest BCUT2D eigenvalue weighted by atomic mass is 19.1. The van der Waals surface area contributed by atoms with Gasteiger partial charge in [0, 0.05) is 24.5 Å². The van der Waals surface area contributed by atoms with E-state index in [2.05, 4.69) is 11.0 Å². The fourth-order valence-corrected chi connectivity index (χ4v) is 2.46. The van der Waals surface area contributed by atoms with Crippen molar-refractivity contribution < 1.29 is 4.39 Å². The lowest BCUT2D eigenvalue weighted by Gasteiger charge is -2.18. The number of halogens is 1. The minimum absolute atomic E-state index is 0.157. The van der Waals surface area contributed by atoms with Gasteiger partial charge in [-0.05, 0) is 47.9 Å². The monoisotopic (exact) mass is 242 g/mol. The molecule has 2 N–H and O–H groups in total. The highest BCUT2D eigenvalue weighted by Crippen LogP contribution is 2.31. The smallest absolute Gasteiger partial charge is 0.126 e. The number of fused-ring (bicyclic) bond motifs is 1. The molecule has 1 heterocycles. The fraction of sp³-hybridized carbons (Fsp3) is 0.200. The third-order valence-corrected chi connectivity index (χ3v) is 3.53. The van der Waals surface area contributed by atoms with Crippen LogP contribution in [0.1, 0.15) is 16.7 Å². The maximum absolute atomic E-state index is 13.3. The molecule has 0 fully saturated rings. The summed E-state index contributed by atoms with van der Waals surface area (Å²) in [5.74, 6) is -0.157. The zero-order valence-corrected chi connectivity index (χ0v) is 10.3. The topological polar surface area (TPSA) is 29.3 Å². The summed E-state index contributed by atoms with van der Waals surface area (Å²) in [6.07, 6.45) is 0. The van der Waals surface area contributed by atoms with E-state index in [4.69, 9.17) is 5.73 Å². The molecule has 3 heteroatoms. The molecule has 0 amide bonds. The average molecular weight is 242 g/mol. The lowest BCUT2D eigenvalue weighted by molar-refractivity contribution is 0.618. The molecule has 0 spiro atoms. The van der Waals surface area contributed by atoms with Gasteiger partial charge in [0.05, 0.1) is 0 Å². The van der Waals surface area contributed by atoms with Gasteiger partial charge in [-0.15, -0.1) is 0 Å². The third kappa shape index (κ3) is 1.72. The highest BCUT2D eigenvalue weighted by Gasteiger charge is 2.21. The highest BCUT2D eigenvalue weighted by molar-refractivity contribution is 5.60. The van der Waals surface area contributed by atoms with Gasteiger partial charge in [0.2, 0.25) is 0 Å². The van der Waals surface area contributed by atoms with Crippen LogP contribution in [-0.2, 0) is 13.1 Å². The first-order valence-corrected chi connectivity index (χ1v) is 6.02. The largest absolute Gasteiger partial charge is 0.398 e. The van der Waals surface area contributed by atoms with E-state index in [0.717, 1.165) is 24.5 Å². The Morgan fingerprint density at radius 1 is 1.17 bits per heavy atom. The molecule has 0 aromatic heterocycles. The molecule has 18 heavy (non-hydrogen) atoms. The van der Waals surface area contributed by atoms with E-state index in [1.54, 1.807) is 6.92 Å². The van der Waals surface area contributed by atoms with E-state index in [1.807, 2.05) is 24.3 Å². The summed E-state index contributed by atoms with van der Waals surface area (Å²) in [6, 6.07) is 11.2. The number of hydrogen-bond acceptors (Lipinski definition) is 2. The summed E-state index contributed by atoms with van der Waals surface area (Å²) in [5.41, 5.74) is 11.0. The fourth-order valence-electron chi connectivity index (χ4n) is 2.46. The second kappa shape index (κ2) is 4.02. The van der Waals surface area contributed by atoms with Gasteiger partial charge in [-0.3, -0.25) is 0 Å². The van der Waals surface area contributed by atoms with Crippen molar-refractivity contribution >= 4 is 11.4 Å². The number of nitrogens with zero attached hydrogens (tertiary/aromatic N) is 1. The Labute approximate surface area is 106 Å². The number of nitrogen functional groups attached to an aromatic ring is 1. The normalized spacial score (nSPS) is 13.8. The predicted octanol–water partition coefficient (Wildman–Crippen LogP) is 3.24. The average Bonchev–Trinajstić information content (AvgIpc) is 2.78. The summed E-state index contributed by atoms with van der Waals surface area (Å²) in [7, 11) is 0. The van der Waals surface area contributed by atoms with Crippen LogP contribution in [0, 0.1) is 12.7 Å². The van der Waals surface area contributed by atoms with Crippen molar-refractivity contribution in [3.8, 4) is 0 Å². The van der Waals surface area contributed by atoms with E-state index in [-0.39, 0.29) is 5.82 Å². The van der Waals surface area contributed by atoms with Crippen LogP contribution in [0.3, 0.4) is 0 Å². The summed E-state index contributed by atoms with van der Waals surface area (Å²) in [6.45, 7) is 3.43. The minimum atomic E-state index is -0.157. The Bertz CT molecular complexity index is 607. The summed E-state index contributed by atoms with van der Waals surface area (Å²) in [4.78, 5) is 2.22. The molecule has 2 aromatic carbocycles. The molecule has 0 aliphatic carbocycles. The van der Waals surface area contributed by atoms with Crippen molar-refractivity contribution in [2.75, 3.05) is 10.6 Å². The number of hydrogen-bond donors (Lipinski definition) is 1. The molecule has 2 aromatic rings. The first-order chi connectivity index (χ1) is 8.65. The third-order valence-electron chi connectivity index (χ3n) is 3.53. The molecule has 1 aliphatic heterocycles. The first kappa shape index (κ1) is 11.1. The van der Waals surface area contributed by atoms with Crippen molar-refractivity contribution in [1.29, 1.82) is 0 Å². The molecule has 0 saturated carbocycles. The van der Waals surface area contributed by atoms with Gasteiger partial charge < -0.3 is 10.6 Å². The van der Waals surface area contributed by atoms with Gasteiger partial charge in [-0.25, -0.2) is 4.39 Å². The SMILES string of the molecule is Cc1cc(N2Cc3cccc(N)c3C2)ccc1F. The van der Waals surface area contributed by atoms with E-state index >= 15 is 0 Å². The molecule has 0 bridgehead atoms. The molecule has 0 atom stereocenters. The molecule has 92 valence electrons. The van der Waals surface area contributed by atoms with Gasteiger partial charge >= 0.3 is 0 Å². The molecule has 0 unspecified atom stereocenters. The first-order valence-electron chi connectivity index (χ1n) is 6.02. The molecule has 0 saturated heterocycles. The van der Waals surface area contributed by atoms with Crippen LogP contribution < -0.4 is 10.6 Å². The Morgan fingerprint density at radius 2 is 2.00 bits per heavy atom. The summed E-state index contributed by atoms with van der Waals surface area (Å²) >= 11 is 0. The Hall–Kier alpha value is -2.03. The zero-order valence-electron chi connectivity index (χ0n) is 10.3. The van der Waals surface area contributed by atoms with Gasteiger partial charge in [-0.2, -0.15) is 0 Å². The van der Waals surface area contributed by atoms with Crippen LogP contribution in [0.15, 0.2) is 36.4 Å². The molecular weight excluding hydrogens is 227 g/mol. The van der Waals surface area contributed by atoms with Crippen molar-refractivity contribution in [2.45, 2.75) is 20.0 Å². The maximum Gasteiger partial charge on any atom is 0.126 e. The van der Waals surface area contributed by atoms with E-state index in [1.165, 1.54) is 17.2 Å². The lowest BCUT2D eigenvalue weighted by Crippen LogP contribution is -2.14. The number of anilines is 2. The van der Waals surface area contributed by atoms with Crippen molar-refractivity contribution in [2.24, 2.45) is 0 Å². The van der Waals surface area contributed by atoms with E-state index in [0.29, 0.717) is 5.56 Å². The quantitative estimate of drug-likeness (QED) is 0.778. The molecule has 0 radical (unpaired) electrons.